The van der Waals surface area contributed by atoms with E-state index in [4.69, 9.17) is 11.6 Å². The van der Waals surface area contributed by atoms with E-state index in [2.05, 4.69) is 10.3 Å². The van der Waals surface area contributed by atoms with Gasteiger partial charge in [-0.3, -0.25) is 9.59 Å². The van der Waals surface area contributed by atoms with Crippen LogP contribution in [0.15, 0.2) is 60.8 Å². The predicted octanol–water partition coefficient (Wildman–Crippen LogP) is 3.46. The van der Waals surface area contributed by atoms with Crippen LogP contribution in [0.3, 0.4) is 0 Å². The molecule has 2 heterocycles. The molecule has 0 unspecified atom stereocenters. The number of aliphatic hydroxyl groups is 1. The fraction of sp³-hybridized carbons (Fsp3) is 0.208. The number of aromatic nitrogens is 1. The van der Waals surface area contributed by atoms with Gasteiger partial charge < -0.3 is 15.3 Å². The van der Waals surface area contributed by atoms with E-state index >= 15 is 0 Å². The van der Waals surface area contributed by atoms with E-state index in [1.807, 2.05) is 31.2 Å². The molecule has 0 spiro atoms. The van der Waals surface area contributed by atoms with Gasteiger partial charge in [-0.15, -0.1) is 0 Å². The molecule has 0 bridgehead atoms. The molecule has 158 valence electrons. The fourth-order valence-electron chi connectivity index (χ4n) is 3.39. The van der Waals surface area contributed by atoms with Crippen LogP contribution in [0.2, 0.25) is 5.15 Å². The summed E-state index contributed by atoms with van der Waals surface area (Å²) in [5, 5.41) is 12.8. The lowest BCUT2D eigenvalue weighted by atomic mass is 9.97. The molecule has 1 fully saturated rings. The number of β-amino-alcohol motifs (C(OH)–C–C–N with tert-alkyl or cyclic N) is 1. The van der Waals surface area contributed by atoms with Crippen LogP contribution in [-0.4, -0.2) is 46.0 Å². The molecular weight excluding hydrogens is 414 g/mol. The molecule has 2 aromatic carbocycles. The van der Waals surface area contributed by atoms with E-state index in [0.717, 1.165) is 22.3 Å². The highest BCUT2D eigenvalue weighted by Gasteiger charge is 2.30. The quantitative estimate of drug-likeness (QED) is 0.601. The van der Waals surface area contributed by atoms with Crippen molar-refractivity contribution >= 4 is 23.4 Å². The Bertz CT molecular complexity index is 1110. The molecule has 2 N–H and O–H groups in total. The molecule has 0 radical (unpaired) electrons. The van der Waals surface area contributed by atoms with Gasteiger partial charge in [-0.05, 0) is 47.9 Å². The average molecular weight is 436 g/mol. The topological polar surface area (TPSA) is 82.5 Å². The van der Waals surface area contributed by atoms with Gasteiger partial charge in [0.1, 0.15) is 5.15 Å². The number of carbonyl (C=O) groups is 2. The number of likely N-dealkylation sites (tertiary alicyclic amines) is 1. The summed E-state index contributed by atoms with van der Waals surface area (Å²) in [5.41, 5.74) is 4.45. The molecule has 0 atom stereocenters. The first-order valence-corrected chi connectivity index (χ1v) is 10.3. The third-order valence-electron chi connectivity index (χ3n) is 5.22. The van der Waals surface area contributed by atoms with Crippen molar-refractivity contribution in [3.63, 3.8) is 0 Å². The Labute approximate surface area is 185 Å². The molecule has 1 aliphatic rings. The van der Waals surface area contributed by atoms with Crippen molar-refractivity contribution in [2.75, 3.05) is 13.1 Å². The van der Waals surface area contributed by atoms with Crippen molar-refractivity contribution < 1.29 is 14.7 Å². The summed E-state index contributed by atoms with van der Waals surface area (Å²) in [4.78, 5) is 31.3. The lowest BCUT2D eigenvalue weighted by Crippen LogP contribution is -2.53. The number of nitrogens with zero attached hydrogens (tertiary/aromatic N) is 2. The molecular formula is C24H22ClN3O3. The third kappa shape index (κ3) is 4.93. The van der Waals surface area contributed by atoms with E-state index in [-0.39, 0.29) is 11.8 Å². The summed E-state index contributed by atoms with van der Waals surface area (Å²) in [6, 6.07) is 16.5. The molecule has 2 amide bonds. The van der Waals surface area contributed by atoms with E-state index < -0.39 is 6.10 Å². The number of aliphatic hydroxyl groups excluding tert-OH is 1. The number of carbonyl (C=O) groups excluding carboxylic acids is 2. The van der Waals surface area contributed by atoms with Crippen LogP contribution in [0.5, 0.6) is 0 Å². The normalized spacial score (nSPS) is 13.6. The molecule has 4 rings (SSSR count). The first kappa shape index (κ1) is 21.0. The monoisotopic (exact) mass is 435 g/mol. The molecule has 0 aliphatic carbocycles. The maximum atomic E-state index is 12.9. The molecule has 6 nitrogen and oxygen atoms in total. The Morgan fingerprint density at radius 3 is 2.42 bits per heavy atom. The number of halogens is 1. The summed E-state index contributed by atoms with van der Waals surface area (Å²) >= 11 is 5.80. The van der Waals surface area contributed by atoms with Gasteiger partial charge in [-0.2, -0.15) is 0 Å². The maximum Gasteiger partial charge on any atom is 0.254 e. The number of hydrogen-bond donors (Lipinski definition) is 2. The maximum absolute atomic E-state index is 12.9. The van der Waals surface area contributed by atoms with Gasteiger partial charge in [0.2, 0.25) is 0 Å². The van der Waals surface area contributed by atoms with Gasteiger partial charge in [0.25, 0.3) is 11.8 Å². The first-order chi connectivity index (χ1) is 14.9. The minimum Gasteiger partial charge on any atom is -0.389 e. The van der Waals surface area contributed by atoms with Gasteiger partial charge in [-0.1, -0.05) is 47.5 Å². The number of hydrogen-bond acceptors (Lipinski definition) is 4. The van der Waals surface area contributed by atoms with E-state index in [1.165, 1.54) is 0 Å². The summed E-state index contributed by atoms with van der Waals surface area (Å²) in [5.74, 6) is -0.489. The van der Waals surface area contributed by atoms with E-state index in [0.29, 0.717) is 35.9 Å². The highest BCUT2D eigenvalue weighted by atomic mass is 35.5. The van der Waals surface area contributed by atoms with E-state index in [9.17, 15) is 14.7 Å². The van der Waals surface area contributed by atoms with Crippen LogP contribution >= 0.6 is 11.6 Å². The molecule has 1 aliphatic heterocycles. The van der Waals surface area contributed by atoms with Gasteiger partial charge >= 0.3 is 0 Å². The van der Waals surface area contributed by atoms with Crippen LogP contribution in [-0.2, 0) is 6.54 Å². The Morgan fingerprint density at radius 1 is 1.06 bits per heavy atom. The van der Waals surface area contributed by atoms with Crippen LogP contribution in [0.4, 0.5) is 0 Å². The molecule has 3 aromatic rings. The second kappa shape index (κ2) is 8.88. The number of aryl methyl sites for hydroxylation is 1. The predicted molar refractivity (Wildman–Crippen MR) is 119 cm³/mol. The van der Waals surface area contributed by atoms with Crippen molar-refractivity contribution in [2.24, 2.45) is 0 Å². The highest BCUT2D eigenvalue weighted by Crippen LogP contribution is 2.25. The molecule has 1 saturated heterocycles. The number of pyridine rings is 1. The fourth-order valence-corrected chi connectivity index (χ4v) is 3.51. The van der Waals surface area contributed by atoms with Gasteiger partial charge in [0, 0.05) is 37.0 Å². The number of benzene rings is 2. The van der Waals surface area contributed by atoms with Gasteiger partial charge in [-0.25, -0.2) is 4.98 Å². The summed E-state index contributed by atoms with van der Waals surface area (Å²) in [6.45, 7) is 2.90. The second-order valence-electron chi connectivity index (χ2n) is 7.70. The minimum absolute atomic E-state index is 0.199. The Morgan fingerprint density at radius 2 is 1.77 bits per heavy atom. The van der Waals surface area contributed by atoms with Crippen molar-refractivity contribution in [3.8, 4) is 11.1 Å². The van der Waals surface area contributed by atoms with Gasteiger partial charge in [0.15, 0.2) is 0 Å². The molecule has 1 aromatic heterocycles. The Hall–Kier alpha value is -3.22. The Kier molecular flexibility index (Phi) is 6.02. The molecule has 0 saturated carbocycles. The zero-order chi connectivity index (χ0) is 22.0. The standard InChI is InChI=1S/C24H22ClN3O3/c1-15-2-5-17(6-3-15)18-8-19(10-20(9-18)24(31)28-13-21(29)14-28)23(30)27-12-16-4-7-22(25)26-11-16/h2-11,21,29H,12-14H2,1H3,(H,27,30). The van der Waals surface area contributed by atoms with Crippen LogP contribution in [0.25, 0.3) is 11.1 Å². The summed E-state index contributed by atoms with van der Waals surface area (Å²) in [6.07, 6.45) is 1.12. The summed E-state index contributed by atoms with van der Waals surface area (Å²) in [7, 11) is 0. The highest BCUT2D eigenvalue weighted by molar-refractivity contribution is 6.29. The van der Waals surface area contributed by atoms with Crippen LogP contribution in [0.1, 0.15) is 31.8 Å². The lowest BCUT2D eigenvalue weighted by molar-refractivity contribution is 0.00589. The molecule has 31 heavy (non-hydrogen) atoms. The average Bonchev–Trinajstić information content (AvgIpc) is 2.76. The van der Waals surface area contributed by atoms with Crippen LogP contribution < -0.4 is 5.32 Å². The van der Waals surface area contributed by atoms with Crippen molar-refractivity contribution in [1.29, 1.82) is 0 Å². The van der Waals surface area contributed by atoms with E-state index in [1.54, 1.807) is 41.4 Å². The summed E-state index contributed by atoms with van der Waals surface area (Å²) < 4.78 is 0. The smallest absolute Gasteiger partial charge is 0.254 e. The van der Waals surface area contributed by atoms with Crippen molar-refractivity contribution in [2.45, 2.75) is 19.6 Å². The van der Waals surface area contributed by atoms with Crippen molar-refractivity contribution in [1.82, 2.24) is 15.2 Å². The third-order valence-corrected chi connectivity index (χ3v) is 5.44. The van der Waals surface area contributed by atoms with Crippen molar-refractivity contribution in [3.05, 3.63) is 88.2 Å². The minimum atomic E-state index is -0.486. The lowest BCUT2D eigenvalue weighted by Gasteiger charge is -2.36. The molecule has 7 heteroatoms. The largest absolute Gasteiger partial charge is 0.389 e. The number of rotatable bonds is 5. The second-order valence-corrected chi connectivity index (χ2v) is 8.09. The first-order valence-electron chi connectivity index (χ1n) is 9.97. The number of amides is 2. The number of nitrogens with one attached hydrogen (secondary N) is 1. The zero-order valence-corrected chi connectivity index (χ0v) is 17.8. The SMILES string of the molecule is Cc1ccc(-c2cc(C(=O)NCc3ccc(Cl)nc3)cc(C(=O)N3CC(O)C3)c2)cc1. The van der Waals surface area contributed by atoms with Crippen LogP contribution in [0, 0.1) is 6.92 Å². The Balaban J connectivity index is 1.61. The zero-order valence-electron chi connectivity index (χ0n) is 17.0. The van der Waals surface area contributed by atoms with Gasteiger partial charge in [0.05, 0.1) is 6.10 Å².